The van der Waals surface area contributed by atoms with Gasteiger partial charge in [0.25, 0.3) is 0 Å². The van der Waals surface area contributed by atoms with Gasteiger partial charge in [-0.2, -0.15) is 0 Å². The van der Waals surface area contributed by atoms with Gasteiger partial charge in [0.05, 0.1) is 0 Å². The molecule has 0 atom stereocenters. The molecule has 0 unspecified atom stereocenters. The van der Waals surface area contributed by atoms with Crippen LogP contribution in [-0.2, 0) is 13.1 Å². The van der Waals surface area contributed by atoms with Gasteiger partial charge in [-0.05, 0) is 32.1 Å². The van der Waals surface area contributed by atoms with E-state index < -0.39 is 0 Å². The molecule has 0 saturated heterocycles. The van der Waals surface area contributed by atoms with E-state index in [9.17, 15) is 4.79 Å². The summed E-state index contributed by atoms with van der Waals surface area (Å²) < 4.78 is 0. The summed E-state index contributed by atoms with van der Waals surface area (Å²) in [7, 11) is 5.84. The minimum atomic E-state index is -0.186. The summed E-state index contributed by atoms with van der Waals surface area (Å²) in [4.78, 5) is 15.9. The lowest BCUT2D eigenvalue weighted by atomic mass is 10.1. The van der Waals surface area contributed by atoms with Gasteiger partial charge in [-0.25, -0.2) is 4.79 Å². The molecule has 6 nitrogen and oxygen atoms in total. The summed E-state index contributed by atoms with van der Waals surface area (Å²) in [5.74, 6) is 0. The molecule has 2 rings (SSSR count). The number of aromatic nitrogens is 2. The Morgan fingerprint density at radius 3 is 2.45 bits per heavy atom. The number of carbonyl (C=O) groups is 1. The van der Waals surface area contributed by atoms with Crippen LogP contribution in [0.5, 0.6) is 0 Å². The number of anilines is 1. The van der Waals surface area contributed by atoms with Gasteiger partial charge in [-0.15, -0.1) is 10.2 Å². The minimum absolute atomic E-state index is 0.186. The van der Waals surface area contributed by atoms with Crippen LogP contribution in [0.25, 0.3) is 0 Å². The van der Waals surface area contributed by atoms with Gasteiger partial charge < -0.3 is 9.80 Å². The zero-order valence-electron chi connectivity index (χ0n) is 13.3. The number of urea groups is 1. The number of nitrogens with one attached hydrogen (secondary N) is 1. The largest absolute Gasteiger partial charge is 0.323 e. The normalized spacial score (nSPS) is 10.8. The predicted octanol–water partition coefficient (Wildman–Crippen LogP) is 2.57. The molecule has 1 aromatic carbocycles. The van der Waals surface area contributed by atoms with Crippen molar-refractivity contribution in [3.63, 3.8) is 0 Å². The second-order valence-corrected chi connectivity index (χ2v) is 6.65. The van der Waals surface area contributed by atoms with Gasteiger partial charge in [0.1, 0.15) is 5.01 Å². The summed E-state index contributed by atoms with van der Waals surface area (Å²) >= 11 is 1.36. The maximum absolute atomic E-state index is 12.1. The maximum atomic E-state index is 12.1. The molecule has 0 aliphatic heterocycles. The minimum Gasteiger partial charge on any atom is -0.323 e. The zero-order chi connectivity index (χ0) is 16.1. The van der Waals surface area contributed by atoms with E-state index in [2.05, 4.69) is 32.5 Å². The van der Waals surface area contributed by atoms with Crippen LogP contribution in [0.15, 0.2) is 24.3 Å². The number of benzene rings is 1. The Balaban J connectivity index is 1.95. The van der Waals surface area contributed by atoms with Crippen molar-refractivity contribution in [1.29, 1.82) is 0 Å². The maximum Gasteiger partial charge on any atom is 0.323 e. The molecular formula is C15H21N5OS. The molecule has 0 spiro atoms. The molecule has 0 bridgehead atoms. The number of rotatable bonds is 5. The molecule has 22 heavy (non-hydrogen) atoms. The van der Waals surface area contributed by atoms with E-state index in [1.165, 1.54) is 16.9 Å². The third-order valence-electron chi connectivity index (χ3n) is 3.00. The van der Waals surface area contributed by atoms with Gasteiger partial charge in [0.2, 0.25) is 5.13 Å². The predicted molar refractivity (Wildman–Crippen MR) is 89.0 cm³/mol. The van der Waals surface area contributed by atoms with E-state index in [1.54, 1.807) is 11.9 Å². The van der Waals surface area contributed by atoms with Gasteiger partial charge in [0.15, 0.2) is 0 Å². The third-order valence-corrected chi connectivity index (χ3v) is 3.75. The van der Waals surface area contributed by atoms with Gasteiger partial charge in [-0.3, -0.25) is 5.32 Å². The van der Waals surface area contributed by atoms with Crippen LogP contribution in [0.2, 0.25) is 0 Å². The van der Waals surface area contributed by atoms with E-state index in [0.717, 1.165) is 17.1 Å². The SMILES string of the molecule is Cc1nnc(NC(=O)N(C)Cc2cccc(CN(C)C)c2)s1. The molecule has 0 radical (unpaired) electrons. The Kier molecular flexibility index (Phi) is 5.46. The number of carbonyl (C=O) groups excluding carboxylic acids is 1. The van der Waals surface area contributed by atoms with E-state index in [1.807, 2.05) is 33.2 Å². The molecule has 1 heterocycles. The highest BCUT2D eigenvalue weighted by Gasteiger charge is 2.12. The molecule has 0 aliphatic carbocycles. The fourth-order valence-corrected chi connectivity index (χ4v) is 2.65. The average molecular weight is 319 g/mol. The topological polar surface area (TPSA) is 61.4 Å². The fourth-order valence-electron chi connectivity index (χ4n) is 2.07. The van der Waals surface area contributed by atoms with Crippen LogP contribution in [0.3, 0.4) is 0 Å². The average Bonchev–Trinajstić information content (AvgIpc) is 2.83. The molecule has 2 amide bonds. The summed E-state index contributed by atoms with van der Waals surface area (Å²) in [6, 6.07) is 8.08. The van der Waals surface area contributed by atoms with Crippen LogP contribution in [0, 0.1) is 6.92 Å². The Labute approximate surface area is 134 Å². The molecule has 0 saturated carbocycles. The highest BCUT2D eigenvalue weighted by atomic mass is 32.1. The first-order valence-corrected chi connectivity index (χ1v) is 7.80. The van der Waals surface area contributed by atoms with Crippen LogP contribution in [-0.4, -0.2) is 47.2 Å². The highest BCUT2D eigenvalue weighted by molar-refractivity contribution is 7.15. The molecular weight excluding hydrogens is 298 g/mol. The van der Waals surface area contributed by atoms with E-state index in [4.69, 9.17) is 0 Å². The Morgan fingerprint density at radius 2 is 1.86 bits per heavy atom. The van der Waals surface area contributed by atoms with Gasteiger partial charge >= 0.3 is 6.03 Å². The molecule has 1 N–H and O–H groups in total. The van der Waals surface area contributed by atoms with Crippen molar-refractivity contribution in [1.82, 2.24) is 20.0 Å². The summed E-state index contributed by atoms with van der Waals surface area (Å²) in [6.07, 6.45) is 0. The van der Waals surface area contributed by atoms with Crippen LogP contribution < -0.4 is 5.32 Å². The van der Waals surface area contributed by atoms with Crippen molar-refractivity contribution in [3.05, 3.63) is 40.4 Å². The number of nitrogens with zero attached hydrogens (tertiary/aromatic N) is 4. The lowest BCUT2D eigenvalue weighted by Gasteiger charge is -2.18. The van der Waals surface area contributed by atoms with Crippen LogP contribution in [0.4, 0.5) is 9.93 Å². The standard InChI is InChI=1S/C15H21N5OS/c1-11-17-18-14(22-11)16-15(21)20(4)10-13-7-5-6-12(8-13)9-19(2)3/h5-8H,9-10H2,1-4H3,(H,16,18,21). The monoisotopic (exact) mass is 319 g/mol. The zero-order valence-corrected chi connectivity index (χ0v) is 14.1. The fraction of sp³-hybridized carbons (Fsp3) is 0.400. The molecule has 0 fully saturated rings. The second-order valence-electron chi connectivity index (χ2n) is 5.47. The van der Waals surface area contributed by atoms with E-state index in [-0.39, 0.29) is 6.03 Å². The first-order valence-electron chi connectivity index (χ1n) is 6.99. The Morgan fingerprint density at radius 1 is 1.18 bits per heavy atom. The molecule has 0 aliphatic rings. The molecule has 1 aromatic heterocycles. The molecule has 118 valence electrons. The Bertz CT molecular complexity index is 640. The summed E-state index contributed by atoms with van der Waals surface area (Å²) in [6.45, 7) is 3.28. The van der Waals surface area contributed by atoms with Crippen molar-refractivity contribution in [2.75, 3.05) is 26.5 Å². The number of aryl methyl sites for hydroxylation is 1. The number of hydrogen-bond acceptors (Lipinski definition) is 5. The Hall–Kier alpha value is -1.99. The molecule has 2 aromatic rings. The lowest BCUT2D eigenvalue weighted by Crippen LogP contribution is -2.30. The number of hydrogen-bond donors (Lipinski definition) is 1. The summed E-state index contributed by atoms with van der Waals surface area (Å²) in [5.41, 5.74) is 2.33. The van der Waals surface area contributed by atoms with Crippen molar-refractivity contribution in [2.24, 2.45) is 0 Å². The highest BCUT2D eigenvalue weighted by Crippen LogP contribution is 2.15. The van der Waals surface area contributed by atoms with Crippen molar-refractivity contribution < 1.29 is 4.79 Å². The van der Waals surface area contributed by atoms with E-state index in [0.29, 0.717) is 11.7 Å². The second kappa shape index (κ2) is 7.33. The first-order chi connectivity index (χ1) is 10.4. The lowest BCUT2D eigenvalue weighted by molar-refractivity contribution is 0.220. The third kappa shape index (κ3) is 4.78. The van der Waals surface area contributed by atoms with Crippen LogP contribution in [0.1, 0.15) is 16.1 Å². The van der Waals surface area contributed by atoms with Crippen molar-refractivity contribution in [3.8, 4) is 0 Å². The van der Waals surface area contributed by atoms with Crippen LogP contribution >= 0.6 is 11.3 Å². The van der Waals surface area contributed by atoms with Crippen molar-refractivity contribution >= 4 is 22.5 Å². The van der Waals surface area contributed by atoms with Crippen molar-refractivity contribution in [2.45, 2.75) is 20.0 Å². The van der Waals surface area contributed by atoms with E-state index >= 15 is 0 Å². The summed E-state index contributed by atoms with van der Waals surface area (Å²) in [5, 5.41) is 11.9. The van der Waals surface area contributed by atoms with Gasteiger partial charge in [0, 0.05) is 20.1 Å². The molecule has 7 heteroatoms. The number of amides is 2. The van der Waals surface area contributed by atoms with Gasteiger partial charge in [-0.1, -0.05) is 35.6 Å². The quantitative estimate of drug-likeness (QED) is 0.920. The first kappa shape index (κ1) is 16.4. The smallest absolute Gasteiger partial charge is 0.323 e.